The minimum Gasteiger partial charge on any atom is -0.497 e. The summed E-state index contributed by atoms with van der Waals surface area (Å²) in [6, 6.07) is 6.32. The highest BCUT2D eigenvalue weighted by molar-refractivity contribution is 7.94. The molecule has 1 heterocycles. The molecule has 0 spiro atoms. The first-order valence-electron chi connectivity index (χ1n) is 5.90. The summed E-state index contributed by atoms with van der Waals surface area (Å²) in [4.78, 5) is 13.4. The van der Waals surface area contributed by atoms with Crippen LogP contribution in [0.3, 0.4) is 0 Å². The van der Waals surface area contributed by atoms with Crippen molar-refractivity contribution >= 4 is 33.0 Å². The number of hydrogen-bond acceptors (Lipinski definition) is 4. The average molecular weight is 316 g/mol. The van der Waals surface area contributed by atoms with Crippen LogP contribution in [0.5, 0.6) is 5.75 Å². The lowest BCUT2D eigenvalue weighted by Gasteiger charge is -2.27. The van der Waals surface area contributed by atoms with E-state index in [9.17, 15) is 13.2 Å². The van der Waals surface area contributed by atoms with Gasteiger partial charge in [-0.1, -0.05) is 6.07 Å². The first kappa shape index (κ1) is 14.9. The maximum absolute atomic E-state index is 12.0. The third-order valence-electron chi connectivity index (χ3n) is 2.96. The summed E-state index contributed by atoms with van der Waals surface area (Å²) in [7, 11) is -1.73. The van der Waals surface area contributed by atoms with Crippen LogP contribution in [0.2, 0.25) is 0 Å². The fourth-order valence-corrected chi connectivity index (χ4v) is 3.46. The molecule has 5 nitrogen and oxygen atoms in total. The number of carbonyl (C=O) groups excluding carboxylic acids is 1. The molecule has 1 amide bonds. The van der Waals surface area contributed by atoms with Crippen LogP contribution in [0.25, 0.3) is 0 Å². The number of rotatable bonds is 4. The summed E-state index contributed by atoms with van der Waals surface area (Å²) in [5.74, 6) is -0.125. The lowest BCUT2D eigenvalue weighted by molar-refractivity contribution is -0.116. The van der Waals surface area contributed by atoms with E-state index in [1.54, 1.807) is 24.3 Å². The third-order valence-corrected chi connectivity index (χ3v) is 4.56. The molecule has 108 valence electrons. The molecule has 0 N–H and O–H groups in total. The number of nitrogens with zero attached hydrogens (tertiary/aromatic N) is 1. The average Bonchev–Trinajstić information content (AvgIpc) is 2.79. The second kappa shape index (κ2) is 5.85. The van der Waals surface area contributed by atoms with Crippen molar-refractivity contribution in [3.63, 3.8) is 0 Å². The van der Waals surface area contributed by atoms with Crippen molar-refractivity contribution in [3.8, 4) is 5.75 Å². The molecule has 0 saturated carbocycles. The number of benzene rings is 1. The molecular weight excluding hydrogens is 302 g/mol. The Morgan fingerprint density at radius 1 is 1.50 bits per heavy atom. The zero-order valence-corrected chi connectivity index (χ0v) is 12.4. The fraction of sp³-hybridized carbons (Fsp3) is 0.308. The highest BCUT2D eigenvalue weighted by Crippen LogP contribution is 2.26. The number of sulfone groups is 1. The van der Waals surface area contributed by atoms with Gasteiger partial charge in [-0.25, -0.2) is 8.42 Å². The van der Waals surface area contributed by atoms with Gasteiger partial charge in [0.15, 0.2) is 9.84 Å². The predicted molar refractivity (Wildman–Crippen MR) is 77.9 cm³/mol. The van der Waals surface area contributed by atoms with Crippen molar-refractivity contribution in [3.05, 3.63) is 35.7 Å². The second-order valence-electron chi connectivity index (χ2n) is 4.32. The quantitative estimate of drug-likeness (QED) is 0.791. The van der Waals surface area contributed by atoms with Crippen LogP contribution >= 0.6 is 11.6 Å². The van der Waals surface area contributed by atoms with Gasteiger partial charge in [0, 0.05) is 17.2 Å². The first-order valence-corrected chi connectivity index (χ1v) is 8.15. The maximum atomic E-state index is 12.0. The van der Waals surface area contributed by atoms with Crippen LogP contribution < -0.4 is 9.64 Å². The number of carbonyl (C=O) groups is 1. The van der Waals surface area contributed by atoms with E-state index < -0.39 is 15.9 Å². The molecule has 1 aliphatic rings. The predicted octanol–water partition coefficient (Wildman–Crippen LogP) is 1.58. The number of methoxy groups -OCH3 is 1. The summed E-state index contributed by atoms with van der Waals surface area (Å²) in [6.07, 6.45) is 1.50. The van der Waals surface area contributed by atoms with Crippen LogP contribution in [0.15, 0.2) is 35.7 Å². The Kier molecular flexibility index (Phi) is 4.35. The Bertz CT molecular complexity index is 642. The highest BCUT2D eigenvalue weighted by atomic mass is 35.5. The van der Waals surface area contributed by atoms with Gasteiger partial charge >= 0.3 is 0 Å². The van der Waals surface area contributed by atoms with Crippen LogP contribution in [0.1, 0.15) is 0 Å². The van der Waals surface area contributed by atoms with Crippen LogP contribution in [-0.2, 0) is 14.6 Å². The zero-order chi connectivity index (χ0) is 14.8. The summed E-state index contributed by atoms with van der Waals surface area (Å²) in [5, 5.41) is 1.13. The summed E-state index contributed by atoms with van der Waals surface area (Å²) < 4.78 is 28.2. The maximum Gasteiger partial charge on any atom is 0.242 e. The van der Waals surface area contributed by atoms with Gasteiger partial charge in [-0.2, -0.15) is 0 Å². The molecule has 1 atom stereocenters. The molecule has 0 bridgehead atoms. The van der Waals surface area contributed by atoms with Crippen molar-refractivity contribution in [2.45, 2.75) is 6.04 Å². The van der Waals surface area contributed by atoms with Gasteiger partial charge in [-0.3, -0.25) is 4.79 Å². The molecule has 0 aliphatic carbocycles. The van der Waals surface area contributed by atoms with E-state index in [1.807, 2.05) is 0 Å². The Balaban J connectivity index is 2.38. The smallest absolute Gasteiger partial charge is 0.242 e. The van der Waals surface area contributed by atoms with E-state index >= 15 is 0 Å². The highest BCUT2D eigenvalue weighted by Gasteiger charge is 2.31. The van der Waals surface area contributed by atoms with Crippen LogP contribution in [-0.4, -0.2) is 39.1 Å². The molecule has 7 heteroatoms. The van der Waals surface area contributed by atoms with E-state index in [4.69, 9.17) is 16.3 Å². The number of amides is 1. The van der Waals surface area contributed by atoms with Crippen molar-refractivity contribution < 1.29 is 17.9 Å². The molecule has 1 unspecified atom stereocenters. The molecule has 20 heavy (non-hydrogen) atoms. The van der Waals surface area contributed by atoms with Gasteiger partial charge in [0.1, 0.15) is 11.6 Å². The lowest BCUT2D eigenvalue weighted by Crippen LogP contribution is -2.42. The third kappa shape index (κ3) is 3.13. The SMILES string of the molecule is COc1cccc(N(C(=O)CCl)C2C=CS(=O)(=O)C2)c1. The Morgan fingerprint density at radius 2 is 2.25 bits per heavy atom. The lowest BCUT2D eigenvalue weighted by atomic mass is 10.2. The van der Waals surface area contributed by atoms with E-state index in [-0.39, 0.29) is 17.5 Å². The van der Waals surface area contributed by atoms with Gasteiger partial charge in [0.05, 0.1) is 18.9 Å². The number of anilines is 1. The molecule has 0 aromatic heterocycles. The first-order chi connectivity index (χ1) is 9.46. The minimum absolute atomic E-state index is 0.132. The largest absolute Gasteiger partial charge is 0.497 e. The number of alkyl halides is 1. The Labute approximate surface area is 122 Å². The molecule has 1 aromatic carbocycles. The van der Waals surface area contributed by atoms with Gasteiger partial charge in [-0.15, -0.1) is 11.6 Å². The number of halogens is 1. The van der Waals surface area contributed by atoms with Gasteiger partial charge in [0.25, 0.3) is 0 Å². The fourth-order valence-electron chi connectivity index (χ4n) is 2.07. The Morgan fingerprint density at radius 3 is 2.80 bits per heavy atom. The molecule has 1 aliphatic heterocycles. The molecule has 2 rings (SSSR count). The number of hydrogen-bond donors (Lipinski definition) is 0. The molecular formula is C13H14ClNO4S. The molecule has 0 fully saturated rings. The van der Waals surface area contributed by atoms with E-state index in [2.05, 4.69) is 0 Å². The number of ether oxygens (including phenoxy) is 1. The molecule has 0 radical (unpaired) electrons. The molecule has 1 aromatic rings. The van der Waals surface area contributed by atoms with E-state index in [0.29, 0.717) is 11.4 Å². The van der Waals surface area contributed by atoms with Crippen molar-refractivity contribution in [2.24, 2.45) is 0 Å². The van der Waals surface area contributed by atoms with E-state index in [0.717, 1.165) is 5.41 Å². The normalized spacial score (nSPS) is 19.8. The summed E-state index contributed by atoms with van der Waals surface area (Å²) in [5.41, 5.74) is 0.557. The summed E-state index contributed by atoms with van der Waals surface area (Å²) >= 11 is 5.62. The van der Waals surface area contributed by atoms with Gasteiger partial charge < -0.3 is 9.64 Å². The van der Waals surface area contributed by atoms with Crippen LogP contribution in [0, 0.1) is 0 Å². The monoisotopic (exact) mass is 315 g/mol. The van der Waals surface area contributed by atoms with Gasteiger partial charge in [-0.05, 0) is 18.2 Å². The van der Waals surface area contributed by atoms with Crippen molar-refractivity contribution in [1.29, 1.82) is 0 Å². The molecule has 0 saturated heterocycles. The van der Waals surface area contributed by atoms with Crippen molar-refractivity contribution in [2.75, 3.05) is 23.6 Å². The minimum atomic E-state index is -3.25. The second-order valence-corrected chi connectivity index (χ2v) is 6.52. The summed E-state index contributed by atoms with van der Waals surface area (Å²) in [6.45, 7) is 0. The zero-order valence-electron chi connectivity index (χ0n) is 10.8. The van der Waals surface area contributed by atoms with Crippen molar-refractivity contribution in [1.82, 2.24) is 0 Å². The standard InChI is InChI=1S/C13H14ClNO4S/c1-19-12-4-2-3-10(7-12)15(13(16)8-14)11-5-6-20(17,18)9-11/h2-7,11H,8-9H2,1H3. The van der Waals surface area contributed by atoms with E-state index in [1.165, 1.54) is 18.1 Å². The Hall–Kier alpha value is -1.53. The van der Waals surface area contributed by atoms with Gasteiger partial charge in [0.2, 0.25) is 5.91 Å². The topological polar surface area (TPSA) is 63.7 Å². The van der Waals surface area contributed by atoms with Crippen LogP contribution in [0.4, 0.5) is 5.69 Å².